The number of anilines is 1. The molecule has 1 heterocycles. The molecule has 1 aromatic rings. The molecular formula is C12H13BrFN3OS. The van der Waals surface area contributed by atoms with Gasteiger partial charge in [-0.25, -0.2) is 9.18 Å². The summed E-state index contributed by atoms with van der Waals surface area (Å²) in [6, 6.07) is 4.00. The van der Waals surface area contributed by atoms with Crippen LogP contribution in [0.5, 0.6) is 0 Å². The van der Waals surface area contributed by atoms with Crippen molar-refractivity contribution in [3.63, 3.8) is 0 Å². The van der Waals surface area contributed by atoms with E-state index in [0.717, 1.165) is 0 Å². The average Bonchev–Trinajstić information content (AvgIpc) is 2.56. The number of benzene rings is 1. The molecule has 1 aliphatic rings. The molecule has 7 heteroatoms. The van der Waals surface area contributed by atoms with E-state index in [4.69, 9.17) is 12.2 Å². The summed E-state index contributed by atoms with van der Waals surface area (Å²) in [6.45, 7) is 4.31. The third-order valence-corrected chi connectivity index (χ3v) is 3.48. The van der Waals surface area contributed by atoms with E-state index in [0.29, 0.717) is 16.1 Å². The normalized spacial score (nSPS) is 17.3. The predicted molar refractivity (Wildman–Crippen MR) is 79.6 cm³/mol. The number of carbonyl (C=O) groups is 1. The summed E-state index contributed by atoms with van der Waals surface area (Å²) in [5, 5.41) is 5.89. The zero-order valence-electron chi connectivity index (χ0n) is 10.5. The van der Waals surface area contributed by atoms with Gasteiger partial charge in [0.1, 0.15) is 5.82 Å². The SMILES string of the molecule is CC1(C)CN(C(=O)Nc2ccc(Br)cc2F)C(=S)N1. The second-order valence-corrected chi connectivity index (χ2v) is 6.26. The third-order valence-electron chi connectivity index (χ3n) is 2.66. The standard InChI is InChI=1S/C12H13BrFN3OS/c1-12(2)6-17(11(19)16-12)10(18)15-9-4-3-7(13)5-8(9)14/h3-5H,6H2,1-2H3,(H,15,18)(H,16,19). The summed E-state index contributed by atoms with van der Waals surface area (Å²) < 4.78 is 14.2. The minimum atomic E-state index is -0.500. The van der Waals surface area contributed by atoms with Crippen molar-refractivity contribution in [3.8, 4) is 0 Å². The van der Waals surface area contributed by atoms with Crippen LogP contribution in [0.2, 0.25) is 0 Å². The highest BCUT2D eigenvalue weighted by Crippen LogP contribution is 2.21. The van der Waals surface area contributed by atoms with E-state index in [2.05, 4.69) is 26.6 Å². The number of hydrogen-bond acceptors (Lipinski definition) is 2. The van der Waals surface area contributed by atoms with E-state index < -0.39 is 11.8 Å². The van der Waals surface area contributed by atoms with E-state index in [-0.39, 0.29) is 11.2 Å². The van der Waals surface area contributed by atoms with Crippen molar-refractivity contribution >= 4 is 45.0 Å². The fraction of sp³-hybridized carbons (Fsp3) is 0.333. The van der Waals surface area contributed by atoms with Crippen LogP contribution in [0, 0.1) is 5.82 Å². The van der Waals surface area contributed by atoms with Crippen LogP contribution in [0.4, 0.5) is 14.9 Å². The quantitative estimate of drug-likeness (QED) is 0.768. The maximum absolute atomic E-state index is 13.6. The van der Waals surface area contributed by atoms with E-state index in [1.54, 1.807) is 6.07 Å². The Labute approximate surface area is 124 Å². The molecule has 1 aliphatic heterocycles. The van der Waals surface area contributed by atoms with Crippen LogP contribution in [-0.4, -0.2) is 28.1 Å². The van der Waals surface area contributed by atoms with Crippen molar-refractivity contribution in [1.82, 2.24) is 10.2 Å². The second kappa shape index (κ2) is 5.05. The lowest BCUT2D eigenvalue weighted by atomic mass is 10.1. The lowest BCUT2D eigenvalue weighted by molar-refractivity contribution is 0.233. The minimum Gasteiger partial charge on any atom is -0.355 e. The Morgan fingerprint density at radius 2 is 2.26 bits per heavy atom. The van der Waals surface area contributed by atoms with E-state index in [1.807, 2.05) is 13.8 Å². The van der Waals surface area contributed by atoms with Crippen molar-refractivity contribution in [2.24, 2.45) is 0 Å². The van der Waals surface area contributed by atoms with Crippen LogP contribution in [0.3, 0.4) is 0 Å². The molecule has 19 heavy (non-hydrogen) atoms. The molecule has 0 aromatic heterocycles. The molecule has 4 nitrogen and oxygen atoms in total. The van der Waals surface area contributed by atoms with Gasteiger partial charge in [0.2, 0.25) is 0 Å². The number of nitrogens with zero attached hydrogens (tertiary/aromatic N) is 1. The molecule has 2 amide bonds. The molecule has 2 N–H and O–H groups in total. The number of rotatable bonds is 1. The van der Waals surface area contributed by atoms with Crippen molar-refractivity contribution < 1.29 is 9.18 Å². The Morgan fingerprint density at radius 3 is 2.79 bits per heavy atom. The third kappa shape index (κ3) is 3.22. The van der Waals surface area contributed by atoms with Crippen LogP contribution >= 0.6 is 28.1 Å². The summed E-state index contributed by atoms with van der Waals surface area (Å²) in [7, 11) is 0. The summed E-state index contributed by atoms with van der Waals surface area (Å²) in [4.78, 5) is 13.4. The highest BCUT2D eigenvalue weighted by molar-refractivity contribution is 9.10. The number of nitrogens with one attached hydrogen (secondary N) is 2. The molecule has 0 bridgehead atoms. The van der Waals surface area contributed by atoms with E-state index in [9.17, 15) is 9.18 Å². The monoisotopic (exact) mass is 345 g/mol. The lowest BCUT2D eigenvalue weighted by Crippen LogP contribution is -2.37. The van der Waals surface area contributed by atoms with Gasteiger partial charge in [0.15, 0.2) is 5.11 Å². The Hall–Kier alpha value is -1.21. The van der Waals surface area contributed by atoms with Gasteiger partial charge in [0, 0.05) is 4.47 Å². The largest absolute Gasteiger partial charge is 0.355 e. The molecule has 1 saturated heterocycles. The first-order chi connectivity index (χ1) is 8.78. The van der Waals surface area contributed by atoms with Gasteiger partial charge in [-0.15, -0.1) is 0 Å². The number of halogens is 2. The topological polar surface area (TPSA) is 44.4 Å². The zero-order valence-corrected chi connectivity index (χ0v) is 12.9. The highest BCUT2D eigenvalue weighted by Gasteiger charge is 2.35. The van der Waals surface area contributed by atoms with Crippen molar-refractivity contribution in [1.29, 1.82) is 0 Å². The van der Waals surface area contributed by atoms with Crippen LogP contribution < -0.4 is 10.6 Å². The number of urea groups is 1. The Bertz CT molecular complexity index is 550. The average molecular weight is 346 g/mol. The highest BCUT2D eigenvalue weighted by atomic mass is 79.9. The van der Waals surface area contributed by atoms with Gasteiger partial charge in [0.25, 0.3) is 0 Å². The molecule has 2 rings (SSSR count). The molecule has 0 unspecified atom stereocenters. The van der Waals surface area contributed by atoms with Gasteiger partial charge in [0.05, 0.1) is 17.8 Å². The fourth-order valence-corrected chi connectivity index (χ4v) is 2.56. The van der Waals surface area contributed by atoms with Crippen molar-refractivity contribution in [2.45, 2.75) is 19.4 Å². The molecule has 0 radical (unpaired) electrons. The molecule has 0 saturated carbocycles. The smallest absolute Gasteiger partial charge is 0.328 e. The second-order valence-electron chi connectivity index (χ2n) is 4.95. The number of thiocarbonyl (C=S) groups is 1. The molecular weight excluding hydrogens is 333 g/mol. The number of hydrogen-bond donors (Lipinski definition) is 2. The van der Waals surface area contributed by atoms with E-state index in [1.165, 1.54) is 17.0 Å². The first-order valence-electron chi connectivity index (χ1n) is 5.64. The summed E-state index contributed by atoms with van der Waals surface area (Å²) in [5.74, 6) is -0.500. The summed E-state index contributed by atoms with van der Waals surface area (Å²) in [6.07, 6.45) is 0. The molecule has 0 atom stereocenters. The van der Waals surface area contributed by atoms with Crippen molar-refractivity contribution in [3.05, 3.63) is 28.5 Å². The predicted octanol–water partition coefficient (Wildman–Crippen LogP) is 3.09. The first kappa shape index (κ1) is 14.2. The Kier molecular flexibility index (Phi) is 3.78. The fourth-order valence-electron chi connectivity index (χ4n) is 1.80. The van der Waals surface area contributed by atoms with Crippen LogP contribution in [0.15, 0.2) is 22.7 Å². The van der Waals surface area contributed by atoms with E-state index >= 15 is 0 Å². The number of amides is 2. The maximum Gasteiger partial charge on any atom is 0.328 e. The molecule has 102 valence electrons. The van der Waals surface area contributed by atoms with Crippen LogP contribution in [0.25, 0.3) is 0 Å². The Morgan fingerprint density at radius 1 is 1.58 bits per heavy atom. The van der Waals surface area contributed by atoms with Crippen LogP contribution in [0.1, 0.15) is 13.8 Å². The molecule has 0 spiro atoms. The van der Waals surface area contributed by atoms with Gasteiger partial charge in [-0.3, -0.25) is 4.90 Å². The summed E-state index contributed by atoms with van der Waals surface area (Å²) in [5.41, 5.74) is -0.145. The number of carbonyl (C=O) groups excluding carboxylic acids is 1. The molecule has 1 aromatic carbocycles. The minimum absolute atomic E-state index is 0.126. The Balaban J connectivity index is 2.12. The van der Waals surface area contributed by atoms with Crippen LogP contribution in [-0.2, 0) is 0 Å². The molecule has 1 fully saturated rings. The van der Waals surface area contributed by atoms with Gasteiger partial charge < -0.3 is 10.6 Å². The lowest BCUT2D eigenvalue weighted by Gasteiger charge is -2.18. The first-order valence-corrected chi connectivity index (χ1v) is 6.84. The van der Waals surface area contributed by atoms with Gasteiger partial charge in [-0.1, -0.05) is 15.9 Å². The van der Waals surface area contributed by atoms with Gasteiger partial charge in [-0.2, -0.15) is 0 Å². The maximum atomic E-state index is 13.6. The zero-order chi connectivity index (χ0) is 14.2. The van der Waals surface area contributed by atoms with Gasteiger partial charge >= 0.3 is 6.03 Å². The molecule has 0 aliphatic carbocycles. The van der Waals surface area contributed by atoms with Gasteiger partial charge in [-0.05, 0) is 44.3 Å². The van der Waals surface area contributed by atoms with Crippen molar-refractivity contribution in [2.75, 3.05) is 11.9 Å². The summed E-state index contributed by atoms with van der Waals surface area (Å²) >= 11 is 8.25.